The molecule has 1 spiro atoms. The van der Waals surface area contributed by atoms with Crippen LogP contribution in [0.25, 0.3) is 0 Å². The first-order valence-corrected chi connectivity index (χ1v) is 10.9. The summed E-state index contributed by atoms with van der Waals surface area (Å²) in [5.74, 6) is 2.14. The van der Waals surface area contributed by atoms with E-state index in [4.69, 9.17) is 4.74 Å². The molecule has 152 valence electrons. The summed E-state index contributed by atoms with van der Waals surface area (Å²) in [4.78, 5) is 29.2. The lowest BCUT2D eigenvalue weighted by atomic mass is 9.73. The average molecular weight is 385 g/mol. The van der Waals surface area contributed by atoms with E-state index in [-0.39, 0.29) is 11.3 Å². The summed E-state index contributed by atoms with van der Waals surface area (Å²) in [6.07, 6.45) is 7.60. The van der Waals surface area contributed by atoms with Gasteiger partial charge in [-0.2, -0.15) is 0 Å². The van der Waals surface area contributed by atoms with Crippen LogP contribution in [0.4, 0.5) is 0 Å². The van der Waals surface area contributed by atoms with E-state index in [1.807, 2.05) is 30.3 Å². The molecule has 5 nitrogen and oxygen atoms in total. The minimum atomic E-state index is 0.122. The Kier molecular flexibility index (Phi) is 5.88. The molecule has 28 heavy (non-hydrogen) atoms. The molecule has 5 heteroatoms. The number of piperidine rings is 2. The normalized spacial score (nSPS) is 25.2. The number of amides is 2. The van der Waals surface area contributed by atoms with Gasteiger partial charge in [0.2, 0.25) is 11.8 Å². The van der Waals surface area contributed by atoms with E-state index < -0.39 is 0 Å². The van der Waals surface area contributed by atoms with E-state index in [1.54, 1.807) is 0 Å². The van der Waals surface area contributed by atoms with Crippen LogP contribution in [0.3, 0.4) is 0 Å². The Morgan fingerprint density at radius 2 is 1.96 bits per heavy atom. The van der Waals surface area contributed by atoms with Crippen LogP contribution in [-0.2, 0) is 9.59 Å². The van der Waals surface area contributed by atoms with Gasteiger partial charge in [-0.05, 0) is 56.6 Å². The highest BCUT2D eigenvalue weighted by molar-refractivity contribution is 5.78. The van der Waals surface area contributed by atoms with Gasteiger partial charge in [0.05, 0.1) is 6.61 Å². The molecule has 0 bridgehead atoms. The minimum absolute atomic E-state index is 0.122. The quantitative estimate of drug-likeness (QED) is 0.676. The van der Waals surface area contributed by atoms with E-state index in [1.165, 1.54) is 12.8 Å². The first-order valence-electron chi connectivity index (χ1n) is 10.9. The fraction of sp³-hybridized carbons (Fsp3) is 0.652. The topological polar surface area (TPSA) is 49.9 Å². The summed E-state index contributed by atoms with van der Waals surface area (Å²) in [7, 11) is 0. The number of hydrogen-bond acceptors (Lipinski definition) is 3. The van der Waals surface area contributed by atoms with Gasteiger partial charge in [0, 0.05) is 44.4 Å². The Morgan fingerprint density at radius 3 is 2.75 bits per heavy atom. The maximum Gasteiger partial charge on any atom is 0.222 e. The molecule has 4 rings (SSSR count). The van der Waals surface area contributed by atoms with Crippen LogP contribution < -0.4 is 4.74 Å². The Labute approximate surface area is 168 Å². The molecule has 1 aromatic carbocycles. The molecule has 1 aliphatic carbocycles. The van der Waals surface area contributed by atoms with Crippen LogP contribution in [0.2, 0.25) is 0 Å². The Hall–Kier alpha value is -2.04. The number of likely N-dealkylation sites (tertiary alicyclic amines) is 2. The molecule has 0 unspecified atom stereocenters. The van der Waals surface area contributed by atoms with Crippen molar-refractivity contribution in [1.82, 2.24) is 9.80 Å². The van der Waals surface area contributed by atoms with Crippen LogP contribution in [0.1, 0.15) is 51.4 Å². The van der Waals surface area contributed by atoms with Crippen molar-refractivity contribution in [3.05, 3.63) is 30.3 Å². The summed E-state index contributed by atoms with van der Waals surface area (Å²) < 4.78 is 5.71. The maximum atomic E-state index is 12.8. The first kappa shape index (κ1) is 19.3. The largest absolute Gasteiger partial charge is 0.494 e. The molecule has 0 aromatic heterocycles. The maximum absolute atomic E-state index is 12.8. The van der Waals surface area contributed by atoms with Crippen LogP contribution in [0, 0.1) is 11.3 Å². The van der Waals surface area contributed by atoms with Crippen molar-refractivity contribution >= 4 is 11.8 Å². The summed E-state index contributed by atoms with van der Waals surface area (Å²) >= 11 is 0. The minimum Gasteiger partial charge on any atom is -0.494 e. The van der Waals surface area contributed by atoms with E-state index >= 15 is 0 Å². The first-order chi connectivity index (χ1) is 13.6. The molecule has 1 aromatic rings. The molecule has 0 radical (unpaired) electrons. The number of ether oxygens (including phenoxy) is 1. The smallest absolute Gasteiger partial charge is 0.222 e. The molecular weight excluding hydrogens is 352 g/mol. The highest BCUT2D eigenvalue weighted by Crippen LogP contribution is 2.40. The summed E-state index contributed by atoms with van der Waals surface area (Å²) in [5, 5.41) is 0. The van der Waals surface area contributed by atoms with Crippen molar-refractivity contribution in [2.45, 2.75) is 51.4 Å². The Balaban J connectivity index is 1.25. The molecule has 2 amide bonds. The Morgan fingerprint density at radius 1 is 1.14 bits per heavy atom. The number of hydrogen-bond donors (Lipinski definition) is 0. The highest BCUT2D eigenvalue weighted by Gasteiger charge is 2.43. The number of benzene rings is 1. The van der Waals surface area contributed by atoms with Crippen molar-refractivity contribution in [3.63, 3.8) is 0 Å². The number of nitrogens with zero attached hydrogens (tertiary/aromatic N) is 2. The van der Waals surface area contributed by atoms with Gasteiger partial charge in [-0.15, -0.1) is 0 Å². The van der Waals surface area contributed by atoms with Crippen LogP contribution in [0.5, 0.6) is 5.75 Å². The van der Waals surface area contributed by atoms with Gasteiger partial charge in [0.1, 0.15) is 5.75 Å². The number of rotatable bonds is 7. The van der Waals surface area contributed by atoms with Crippen LogP contribution in [0.15, 0.2) is 30.3 Å². The summed E-state index contributed by atoms with van der Waals surface area (Å²) in [6, 6.07) is 9.75. The predicted octanol–water partition coefficient (Wildman–Crippen LogP) is 3.49. The van der Waals surface area contributed by atoms with E-state index in [2.05, 4.69) is 9.80 Å². The van der Waals surface area contributed by atoms with Gasteiger partial charge < -0.3 is 14.5 Å². The average Bonchev–Trinajstić information content (AvgIpc) is 3.53. The van der Waals surface area contributed by atoms with Crippen molar-refractivity contribution in [2.24, 2.45) is 11.3 Å². The number of carbonyl (C=O) groups excluding carboxylic acids is 2. The lowest BCUT2D eigenvalue weighted by Gasteiger charge is -2.48. The summed E-state index contributed by atoms with van der Waals surface area (Å²) in [5.41, 5.74) is 0.122. The van der Waals surface area contributed by atoms with Gasteiger partial charge in [-0.25, -0.2) is 0 Å². The SMILES string of the molecule is O=C(CCCOc1ccccc1)N1CCC[C@@]2(CCC(=O)N(CC3CC3)C2)C1. The fourth-order valence-corrected chi connectivity index (χ4v) is 4.72. The Bertz CT molecular complexity index is 688. The molecule has 2 aliphatic heterocycles. The molecular formula is C23H32N2O3. The van der Waals surface area contributed by atoms with Gasteiger partial charge in [-0.1, -0.05) is 18.2 Å². The molecule has 3 aliphatic rings. The molecule has 0 N–H and O–H groups in total. The monoisotopic (exact) mass is 384 g/mol. The second-order valence-corrected chi connectivity index (χ2v) is 8.90. The molecule has 1 saturated carbocycles. The van der Waals surface area contributed by atoms with Crippen molar-refractivity contribution < 1.29 is 14.3 Å². The third-order valence-electron chi connectivity index (χ3n) is 6.48. The second-order valence-electron chi connectivity index (χ2n) is 8.90. The highest BCUT2D eigenvalue weighted by atomic mass is 16.5. The zero-order valence-corrected chi connectivity index (χ0v) is 16.8. The lowest BCUT2D eigenvalue weighted by Crippen LogP contribution is -2.55. The second kappa shape index (κ2) is 8.54. The van der Waals surface area contributed by atoms with E-state index in [0.717, 1.165) is 63.5 Å². The standard InChI is InChI=1S/C23H32N2O3/c26-21(8-4-15-28-20-6-2-1-3-7-20)24-14-5-12-23(17-24)13-11-22(27)25(18-23)16-19-9-10-19/h1-3,6-7,19H,4-5,8-18H2/t23-/m1/s1. The van der Waals surface area contributed by atoms with Crippen molar-refractivity contribution in [2.75, 3.05) is 32.8 Å². The molecule has 2 heterocycles. The summed E-state index contributed by atoms with van der Waals surface area (Å²) in [6.45, 7) is 4.03. The fourth-order valence-electron chi connectivity index (χ4n) is 4.72. The third-order valence-corrected chi connectivity index (χ3v) is 6.48. The van der Waals surface area contributed by atoms with Crippen LogP contribution >= 0.6 is 0 Å². The van der Waals surface area contributed by atoms with E-state index in [9.17, 15) is 9.59 Å². The van der Waals surface area contributed by atoms with Crippen molar-refractivity contribution in [1.29, 1.82) is 0 Å². The van der Waals surface area contributed by atoms with Gasteiger partial charge in [0.25, 0.3) is 0 Å². The van der Waals surface area contributed by atoms with Gasteiger partial charge >= 0.3 is 0 Å². The zero-order chi connectivity index (χ0) is 19.4. The van der Waals surface area contributed by atoms with Crippen molar-refractivity contribution in [3.8, 4) is 5.75 Å². The van der Waals surface area contributed by atoms with Gasteiger partial charge in [0.15, 0.2) is 0 Å². The molecule has 1 atom stereocenters. The van der Waals surface area contributed by atoms with Gasteiger partial charge in [-0.3, -0.25) is 9.59 Å². The third kappa shape index (κ3) is 4.86. The predicted molar refractivity (Wildman–Crippen MR) is 108 cm³/mol. The number of carbonyl (C=O) groups is 2. The van der Waals surface area contributed by atoms with E-state index in [0.29, 0.717) is 25.4 Å². The zero-order valence-electron chi connectivity index (χ0n) is 16.8. The molecule has 2 saturated heterocycles. The van der Waals surface area contributed by atoms with Crippen LogP contribution in [-0.4, -0.2) is 54.4 Å². The lowest BCUT2D eigenvalue weighted by molar-refractivity contribution is -0.143. The molecule has 3 fully saturated rings. The number of para-hydroxylation sites is 1.